The molecule has 0 saturated carbocycles. The number of aromatic nitrogens is 1. The number of rotatable bonds is 5. The lowest BCUT2D eigenvalue weighted by Gasteiger charge is -1.99. The number of thiazole rings is 1. The van der Waals surface area contributed by atoms with Crippen LogP contribution < -0.4 is 5.32 Å². The quantitative estimate of drug-likeness (QED) is 0.587. The van der Waals surface area contributed by atoms with E-state index in [0.717, 1.165) is 0 Å². The van der Waals surface area contributed by atoms with Gasteiger partial charge < -0.3 is 14.8 Å². The summed E-state index contributed by atoms with van der Waals surface area (Å²) in [4.78, 5) is 15.6. The summed E-state index contributed by atoms with van der Waals surface area (Å²) in [6.45, 7) is 1.28. The normalized spacial score (nSPS) is 9.86. The predicted molar refractivity (Wildman–Crippen MR) is 53.8 cm³/mol. The smallest absolute Gasteiger partial charge is 0.349 e. The Morgan fingerprint density at radius 2 is 2.43 bits per heavy atom. The number of nitrogens with zero attached hydrogens (tertiary/aromatic N) is 1. The van der Waals surface area contributed by atoms with Crippen LogP contribution in [-0.4, -0.2) is 38.3 Å². The first-order valence-corrected chi connectivity index (χ1v) is 4.86. The fourth-order valence-corrected chi connectivity index (χ4v) is 1.57. The molecule has 0 fully saturated rings. The Kier molecular flexibility index (Phi) is 4.34. The highest BCUT2D eigenvalue weighted by Gasteiger charge is 2.09. The van der Waals surface area contributed by atoms with Crippen LogP contribution in [0.25, 0.3) is 0 Å². The second-order valence-corrected chi connectivity index (χ2v) is 3.47. The summed E-state index contributed by atoms with van der Waals surface area (Å²) in [6, 6.07) is 0. The van der Waals surface area contributed by atoms with Crippen LogP contribution in [0.15, 0.2) is 6.20 Å². The van der Waals surface area contributed by atoms with Gasteiger partial charge >= 0.3 is 5.97 Å². The highest BCUT2D eigenvalue weighted by atomic mass is 32.1. The van der Waals surface area contributed by atoms with E-state index in [1.54, 1.807) is 7.11 Å². The van der Waals surface area contributed by atoms with E-state index < -0.39 is 0 Å². The number of nitrogens with one attached hydrogen (secondary N) is 1. The van der Waals surface area contributed by atoms with Gasteiger partial charge in [0.1, 0.15) is 4.88 Å². The largest absolute Gasteiger partial charge is 0.465 e. The van der Waals surface area contributed by atoms with Gasteiger partial charge in [0, 0.05) is 13.7 Å². The van der Waals surface area contributed by atoms with Crippen LogP contribution in [-0.2, 0) is 9.47 Å². The van der Waals surface area contributed by atoms with Crippen LogP contribution in [0.5, 0.6) is 0 Å². The lowest BCUT2D eigenvalue weighted by atomic mass is 10.6. The molecule has 1 rings (SSSR count). The number of hydrogen-bond acceptors (Lipinski definition) is 6. The highest BCUT2D eigenvalue weighted by Crippen LogP contribution is 2.18. The summed E-state index contributed by atoms with van der Waals surface area (Å²) in [5.41, 5.74) is 0. The predicted octanol–water partition coefficient (Wildman–Crippen LogP) is 0.988. The number of ether oxygens (including phenoxy) is 2. The minimum atomic E-state index is -0.359. The van der Waals surface area contributed by atoms with Gasteiger partial charge in [0.2, 0.25) is 0 Å². The summed E-state index contributed by atoms with van der Waals surface area (Å²) in [7, 11) is 2.98. The molecule has 0 aliphatic rings. The van der Waals surface area contributed by atoms with E-state index in [2.05, 4.69) is 15.0 Å². The fraction of sp³-hybridized carbons (Fsp3) is 0.500. The molecular weight excluding hydrogens is 204 g/mol. The van der Waals surface area contributed by atoms with Crippen LogP contribution in [0.3, 0.4) is 0 Å². The van der Waals surface area contributed by atoms with Gasteiger partial charge in [0.05, 0.1) is 19.9 Å². The number of carbonyl (C=O) groups is 1. The van der Waals surface area contributed by atoms with E-state index in [1.807, 2.05) is 0 Å². The Morgan fingerprint density at radius 3 is 3.07 bits per heavy atom. The zero-order valence-corrected chi connectivity index (χ0v) is 8.89. The molecule has 0 aliphatic carbocycles. The van der Waals surface area contributed by atoms with Gasteiger partial charge in [-0.05, 0) is 0 Å². The molecule has 0 radical (unpaired) electrons. The maximum Gasteiger partial charge on any atom is 0.349 e. The molecule has 78 valence electrons. The molecule has 0 bridgehead atoms. The molecule has 14 heavy (non-hydrogen) atoms. The van der Waals surface area contributed by atoms with Crippen molar-refractivity contribution in [3.05, 3.63) is 11.1 Å². The van der Waals surface area contributed by atoms with Crippen LogP contribution >= 0.6 is 11.3 Å². The van der Waals surface area contributed by atoms with Gasteiger partial charge in [-0.1, -0.05) is 11.3 Å². The summed E-state index contributed by atoms with van der Waals surface area (Å²) < 4.78 is 9.42. The Hall–Kier alpha value is -1.14. The molecule has 0 spiro atoms. The third-order valence-electron chi connectivity index (χ3n) is 1.47. The molecule has 5 nitrogen and oxygen atoms in total. The van der Waals surface area contributed by atoms with Crippen molar-refractivity contribution < 1.29 is 14.3 Å². The van der Waals surface area contributed by atoms with Crippen molar-refractivity contribution in [2.24, 2.45) is 0 Å². The lowest BCUT2D eigenvalue weighted by molar-refractivity contribution is 0.0606. The number of anilines is 1. The van der Waals surface area contributed by atoms with E-state index in [9.17, 15) is 4.79 Å². The minimum absolute atomic E-state index is 0.359. The molecule has 1 aromatic heterocycles. The summed E-state index contributed by atoms with van der Waals surface area (Å²) in [5, 5.41) is 3.72. The van der Waals surface area contributed by atoms with Gasteiger partial charge in [-0.3, -0.25) is 0 Å². The second kappa shape index (κ2) is 5.56. The molecular formula is C8H12N2O3S. The van der Waals surface area contributed by atoms with E-state index >= 15 is 0 Å². The molecule has 0 atom stereocenters. The Balaban J connectivity index is 2.46. The fourth-order valence-electron chi connectivity index (χ4n) is 0.811. The zero-order valence-electron chi connectivity index (χ0n) is 8.07. The summed E-state index contributed by atoms with van der Waals surface area (Å²) in [6.07, 6.45) is 1.49. The molecule has 0 saturated heterocycles. The second-order valence-electron chi connectivity index (χ2n) is 2.44. The zero-order chi connectivity index (χ0) is 10.4. The van der Waals surface area contributed by atoms with E-state index in [1.165, 1.54) is 24.6 Å². The number of esters is 1. The molecule has 1 N–H and O–H groups in total. The first-order chi connectivity index (χ1) is 6.77. The average molecular weight is 216 g/mol. The van der Waals surface area contributed by atoms with E-state index in [0.29, 0.717) is 23.2 Å². The third kappa shape index (κ3) is 2.97. The van der Waals surface area contributed by atoms with Crippen molar-refractivity contribution in [2.75, 3.05) is 32.7 Å². The Labute approximate surface area is 86.1 Å². The van der Waals surface area contributed by atoms with E-state index in [4.69, 9.17) is 4.74 Å². The molecule has 0 unspecified atom stereocenters. The van der Waals surface area contributed by atoms with Crippen molar-refractivity contribution in [1.29, 1.82) is 0 Å². The Bertz CT molecular complexity index is 301. The standard InChI is InChI=1S/C8H12N2O3S/c1-12-4-3-9-8-10-5-6(14-8)7(11)13-2/h5H,3-4H2,1-2H3,(H,9,10). The number of methoxy groups -OCH3 is 2. The van der Waals surface area contributed by atoms with Gasteiger partial charge in [-0.2, -0.15) is 0 Å². The number of carbonyl (C=O) groups excluding carboxylic acids is 1. The third-order valence-corrected chi connectivity index (χ3v) is 2.41. The van der Waals surface area contributed by atoms with Crippen molar-refractivity contribution >= 4 is 22.4 Å². The first-order valence-electron chi connectivity index (χ1n) is 4.05. The van der Waals surface area contributed by atoms with Gasteiger partial charge in [0.25, 0.3) is 0 Å². The van der Waals surface area contributed by atoms with Crippen molar-refractivity contribution in [2.45, 2.75) is 0 Å². The topological polar surface area (TPSA) is 60.5 Å². The molecule has 0 amide bonds. The van der Waals surface area contributed by atoms with Crippen LogP contribution in [0.1, 0.15) is 9.67 Å². The van der Waals surface area contributed by atoms with Crippen LogP contribution in [0.4, 0.5) is 5.13 Å². The molecule has 6 heteroatoms. The number of hydrogen-bond donors (Lipinski definition) is 1. The van der Waals surface area contributed by atoms with Gasteiger partial charge in [-0.25, -0.2) is 9.78 Å². The highest BCUT2D eigenvalue weighted by molar-refractivity contribution is 7.17. The maximum atomic E-state index is 11.1. The SMILES string of the molecule is COCCNc1ncc(C(=O)OC)s1. The van der Waals surface area contributed by atoms with Crippen molar-refractivity contribution in [1.82, 2.24) is 4.98 Å². The molecule has 1 heterocycles. The van der Waals surface area contributed by atoms with Crippen molar-refractivity contribution in [3.8, 4) is 0 Å². The molecule has 1 aromatic rings. The van der Waals surface area contributed by atoms with Crippen LogP contribution in [0.2, 0.25) is 0 Å². The van der Waals surface area contributed by atoms with Crippen molar-refractivity contribution in [3.63, 3.8) is 0 Å². The van der Waals surface area contributed by atoms with Gasteiger partial charge in [-0.15, -0.1) is 0 Å². The first kappa shape index (κ1) is 10.9. The Morgan fingerprint density at radius 1 is 1.64 bits per heavy atom. The summed E-state index contributed by atoms with van der Waals surface area (Å²) >= 11 is 1.26. The van der Waals surface area contributed by atoms with Gasteiger partial charge in [0.15, 0.2) is 5.13 Å². The average Bonchev–Trinajstić information content (AvgIpc) is 2.66. The molecule has 0 aromatic carbocycles. The molecule has 0 aliphatic heterocycles. The minimum Gasteiger partial charge on any atom is -0.465 e. The monoisotopic (exact) mass is 216 g/mol. The lowest BCUT2D eigenvalue weighted by Crippen LogP contribution is -2.06. The summed E-state index contributed by atoms with van der Waals surface area (Å²) in [5.74, 6) is -0.359. The van der Waals surface area contributed by atoms with E-state index in [-0.39, 0.29) is 5.97 Å². The van der Waals surface area contributed by atoms with Crippen LogP contribution in [0, 0.1) is 0 Å². The maximum absolute atomic E-state index is 11.1.